The Morgan fingerprint density at radius 3 is 2.50 bits per heavy atom. The number of carbonyl (C=O) groups is 2. The van der Waals surface area contributed by atoms with Gasteiger partial charge in [0.2, 0.25) is 12.4 Å². The van der Waals surface area contributed by atoms with Crippen LogP contribution in [0, 0.1) is 6.92 Å². The van der Waals surface area contributed by atoms with E-state index in [2.05, 4.69) is 10.3 Å². The second kappa shape index (κ2) is 10.8. The maximum absolute atomic E-state index is 12.8. The summed E-state index contributed by atoms with van der Waals surface area (Å²) in [5.41, 5.74) is 3.09. The molecule has 34 heavy (non-hydrogen) atoms. The molecule has 2 aliphatic rings. The number of rotatable bonds is 7. The molecule has 1 aromatic carbocycles. The molecule has 0 saturated carbocycles. The number of hydrogen-bond acceptors (Lipinski definition) is 8. The van der Waals surface area contributed by atoms with Crippen molar-refractivity contribution in [2.24, 2.45) is 0 Å². The average molecular weight is 469 g/mol. The standard InChI is InChI=1S/C24H32N6O4/c1-17-14-18(23(32)29-8-12-34-13-9-29)4-5-20(17)26-24-25-15-21(28(2)3)22(27-24)30(16-31)19-6-10-33-11-7-19/h4-5,14-16,19H,6-13H2,1-3H3,(H,25,26,27). The molecule has 0 bridgehead atoms. The molecule has 10 heteroatoms. The molecule has 1 aromatic heterocycles. The van der Waals surface area contributed by atoms with Gasteiger partial charge in [0, 0.05) is 57.7 Å². The van der Waals surface area contributed by atoms with Crippen molar-refractivity contribution in [3.63, 3.8) is 0 Å². The molecule has 2 aromatic rings. The van der Waals surface area contributed by atoms with Crippen LogP contribution in [0.15, 0.2) is 24.4 Å². The third-order valence-corrected chi connectivity index (χ3v) is 6.19. The first-order valence-corrected chi connectivity index (χ1v) is 11.6. The summed E-state index contributed by atoms with van der Waals surface area (Å²) in [6.45, 7) is 5.53. The Hall–Kier alpha value is -3.24. The first kappa shape index (κ1) is 23.9. The van der Waals surface area contributed by atoms with Crippen molar-refractivity contribution in [2.45, 2.75) is 25.8 Å². The van der Waals surface area contributed by atoms with E-state index < -0.39 is 0 Å². The van der Waals surface area contributed by atoms with Gasteiger partial charge in [0.25, 0.3) is 5.91 Å². The van der Waals surface area contributed by atoms with E-state index in [1.54, 1.807) is 11.1 Å². The van der Waals surface area contributed by atoms with E-state index >= 15 is 0 Å². The Bertz CT molecular complexity index is 1020. The van der Waals surface area contributed by atoms with Gasteiger partial charge in [-0.1, -0.05) is 0 Å². The summed E-state index contributed by atoms with van der Waals surface area (Å²) < 4.78 is 10.8. The number of aryl methyl sites for hydroxylation is 1. The van der Waals surface area contributed by atoms with Crippen LogP contribution < -0.4 is 15.1 Å². The van der Waals surface area contributed by atoms with Crippen LogP contribution in [0.3, 0.4) is 0 Å². The van der Waals surface area contributed by atoms with Crippen molar-refractivity contribution < 1.29 is 19.1 Å². The number of aromatic nitrogens is 2. The number of anilines is 4. The maximum Gasteiger partial charge on any atom is 0.254 e. The lowest BCUT2D eigenvalue weighted by atomic mass is 10.1. The van der Waals surface area contributed by atoms with E-state index in [1.807, 2.05) is 49.0 Å². The summed E-state index contributed by atoms with van der Waals surface area (Å²) in [5, 5.41) is 3.25. The fourth-order valence-corrected chi connectivity index (χ4v) is 4.21. The minimum Gasteiger partial charge on any atom is -0.381 e. The Balaban J connectivity index is 1.57. The molecular weight excluding hydrogens is 436 g/mol. The van der Waals surface area contributed by atoms with Crippen molar-refractivity contribution in [1.82, 2.24) is 14.9 Å². The predicted molar refractivity (Wildman–Crippen MR) is 130 cm³/mol. The number of carbonyl (C=O) groups excluding carboxylic acids is 2. The minimum absolute atomic E-state index is 0.00454. The zero-order valence-corrected chi connectivity index (χ0v) is 20.0. The van der Waals surface area contributed by atoms with Crippen molar-refractivity contribution >= 4 is 35.5 Å². The number of nitrogens with one attached hydrogen (secondary N) is 1. The van der Waals surface area contributed by atoms with Crippen LogP contribution >= 0.6 is 0 Å². The van der Waals surface area contributed by atoms with Gasteiger partial charge >= 0.3 is 0 Å². The molecular formula is C24H32N6O4. The van der Waals surface area contributed by atoms with Gasteiger partial charge in [-0.15, -0.1) is 0 Å². The summed E-state index contributed by atoms with van der Waals surface area (Å²) in [6.07, 6.45) is 4.07. The minimum atomic E-state index is 0.00454. The zero-order valence-electron chi connectivity index (χ0n) is 20.0. The predicted octanol–water partition coefficient (Wildman–Crippen LogP) is 2.21. The van der Waals surface area contributed by atoms with E-state index in [1.165, 1.54) is 0 Å². The number of morpholine rings is 1. The van der Waals surface area contributed by atoms with Gasteiger partial charge in [-0.3, -0.25) is 14.5 Å². The topological polar surface area (TPSA) is 100 Å². The van der Waals surface area contributed by atoms with Crippen LogP contribution in [-0.2, 0) is 14.3 Å². The Kier molecular flexibility index (Phi) is 7.59. The maximum atomic E-state index is 12.8. The fraction of sp³-hybridized carbons (Fsp3) is 0.500. The van der Waals surface area contributed by atoms with E-state index in [0.29, 0.717) is 56.8 Å². The molecule has 0 spiro atoms. The second-order valence-electron chi connectivity index (χ2n) is 8.71. The Morgan fingerprint density at radius 2 is 1.85 bits per heavy atom. The molecule has 3 heterocycles. The molecule has 2 saturated heterocycles. The lowest BCUT2D eigenvalue weighted by molar-refractivity contribution is -0.108. The molecule has 2 amide bonds. The van der Waals surface area contributed by atoms with Crippen LogP contribution in [0.2, 0.25) is 0 Å². The first-order valence-electron chi connectivity index (χ1n) is 11.6. The molecule has 0 atom stereocenters. The SMILES string of the molecule is Cc1cc(C(=O)N2CCOCC2)ccc1Nc1ncc(N(C)C)c(N(C=O)C2CCOCC2)n1. The molecule has 4 rings (SSSR count). The van der Waals surface area contributed by atoms with Gasteiger partial charge in [0.1, 0.15) is 0 Å². The normalized spacial score (nSPS) is 16.7. The second-order valence-corrected chi connectivity index (χ2v) is 8.71. The molecule has 0 aliphatic carbocycles. The van der Waals surface area contributed by atoms with Gasteiger partial charge in [-0.2, -0.15) is 4.98 Å². The number of amides is 2. The van der Waals surface area contributed by atoms with Gasteiger partial charge < -0.3 is 24.6 Å². The first-order chi connectivity index (χ1) is 16.5. The summed E-state index contributed by atoms with van der Waals surface area (Å²) in [4.78, 5) is 39.4. The van der Waals surface area contributed by atoms with E-state index in [-0.39, 0.29) is 11.9 Å². The summed E-state index contributed by atoms with van der Waals surface area (Å²) in [7, 11) is 3.80. The van der Waals surface area contributed by atoms with Gasteiger partial charge in [0.05, 0.1) is 25.1 Å². The highest BCUT2D eigenvalue weighted by Crippen LogP contribution is 2.30. The van der Waals surface area contributed by atoms with Crippen molar-refractivity contribution in [3.05, 3.63) is 35.5 Å². The monoisotopic (exact) mass is 468 g/mol. The van der Waals surface area contributed by atoms with Crippen molar-refractivity contribution in [3.8, 4) is 0 Å². The molecule has 1 N–H and O–H groups in total. The van der Waals surface area contributed by atoms with Gasteiger partial charge in [-0.05, 0) is 43.5 Å². The third kappa shape index (κ3) is 5.28. The van der Waals surface area contributed by atoms with Gasteiger partial charge in [0.15, 0.2) is 5.82 Å². The Morgan fingerprint density at radius 1 is 1.15 bits per heavy atom. The van der Waals surface area contributed by atoms with Crippen LogP contribution in [0.25, 0.3) is 0 Å². The molecule has 0 radical (unpaired) electrons. The van der Waals surface area contributed by atoms with E-state index in [4.69, 9.17) is 14.5 Å². The lowest BCUT2D eigenvalue weighted by Gasteiger charge is -2.32. The number of benzene rings is 1. The molecule has 0 unspecified atom stereocenters. The molecule has 2 aliphatic heterocycles. The number of hydrogen-bond donors (Lipinski definition) is 1. The van der Waals surface area contributed by atoms with Crippen LogP contribution in [0.4, 0.5) is 23.1 Å². The van der Waals surface area contributed by atoms with E-state index in [9.17, 15) is 9.59 Å². The highest BCUT2D eigenvalue weighted by molar-refractivity contribution is 5.95. The van der Waals surface area contributed by atoms with Crippen LogP contribution in [-0.4, -0.2) is 86.8 Å². The lowest BCUT2D eigenvalue weighted by Crippen LogP contribution is -2.40. The third-order valence-electron chi connectivity index (χ3n) is 6.19. The molecule has 2 fully saturated rings. The summed E-state index contributed by atoms with van der Waals surface area (Å²) in [5.74, 6) is 0.945. The number of ether oxygens (including phenoxy) is 2. The molecule has 10 nitrogen and oxygen atoms in total. The van der Waals surface area contributed by atoms with Crippen molar-refractivity contribution in [1.29, 1.82) is 0 Å². The van der Waals surface area contributed by atoms with Gasteiger partial charge in [-0.25, -0.2) is 4.98 Å². The van der Waals surface area contributed by atoms with Crippen molar-refractivity contribution in [2.75, 3.05) is 68.7 Å². The quantitative estimate of drug-likeness (QED) is 0.618. The average Bonchev–Trinajstić information content (AvgIpc) is 2.86. The fourth-order valence-electron chi connectivity index (χ4n) is 4.21. The number of nitrogens with zero attached hydrogens (tertiary/aromatic N) is 5. The Labute approximate surface area is 199 Å². The van der Waals surface area contributed by atoms with Crippen LogP contribution in [0.5, 0.6) is 0 Å². The summed E-state index contributed by atoms with van der Waals surface area (Å²) in [6, 6.07) is 5.57. The van der Waals surface area contributed by atoms with E-state index in [0.717, 1.165) is 36.2 Å². The molecule has 182 valence electrons. The highest BCUT2D eigenvalue weighted by atomic mass is 16.5. The van der Waals surface area contributed by atoms with Crippen LogP contribution in [0.1, 0.15) is 28.8 Å². The largest absolute Gasteiger partial charge is 0.381 e. The highest BCUT2D eigenvalue weighted by Gasteiger charge is 2.26. The zero-order chi connectivity index (χ0) is 24.1. The smallest absolute Gasteiger partial charge is 0.254 e. The summed E-state index contributed by atoms with van der Waals surface area (Å²) >= 11 is 0.